The molecule has 0 aliphatic carbocycles. The Balaban J connectivity index is 2.80. The molecule has 68 valence electrons. The fourth-order valence-corrected chi connectivity index (χ4v) is 1.32. The quantitative estimate of drug-likeness (QED) is 0.757. The third-order valence-corrected chi connectivity index (χ3v) is 2.07. The van der Waals surface area contributed by atoms with Gasteiger partial charge in [-0.1, -0.05) is 5.92 Å². The van der Waals surface area contributed by atoms with Crippen molar-refractivity contribution < 1.29 is 9.47 Å². The van der Waals surface area contributed by atoms with Crippen molar-refractivity contribution in [1.29, 1.82) is 0 Å². The molecule has 0 atom stereocenters. The summed E-state index contributed by atoms with van der Waals surface area (Å²) >= 11 is 3.34. The van der Waals surface area contributed by atoms with Crippen LogP contribution in [0.15, 0.2) is 22.7 Å². The van der Waals surface area contributed by atoms with Crippen LogP contribution in [0.5, 0.6) is 11.5 Å². The molecule has 3 heteroatoms. The van der Waals surface area contributed by atoms with Crippen LogP contribution in [0.25, 0.3) is 0 Å². The SMILES string of the molecule is C#CCOc1ccc(OC)cc1Br. The summed E-state index contributed by atoms with van der Waals surface area (Å²) in [4.78, 5) is 0. The maximum Gasteiger partial charge on any atom is 0.148 e. The molecule has 0 amide bonds. The Morgan fingerprint density at radius 2 is 2.31 bits per heavy atom. The smallest absolute Gasteiger partial charge is 0.148 e. The fourth-order valence-electron chi connectivity index (χ4n) is 0.845. The molecule has 0 bridgehead atoms. The largest absolute Gasteiger partial charge is 0.497 e. The zero-order chi connectivity index (χ0) is 9.68. The first-order valence-electron chi connectivity index (χ1n) is 3.67. The van der Waals surface area contributed by atoms with E-state index in [1.54, 1.807) is 13.2 Å². The van der Waals surface area contributed by atoms with Crippen LogP contribution in [0, 0.1) is 12.3 Å². The van der Waals surface area contributed by atoms with Crippen molar-refractivity contribution in [2.24, 2.45) is 0 Å². The molecule has 0 aliphatic rings. The van der Waals surface area contributed by atoms with E-state index in [0.29, 0.717) is 0 Å². The third kappa shape index (κ3) is 2.67. The summed E-state index contributed by atoms with van der Waals surface area (Å²) in [6.45, 7) is 0.269. The molecular weight excluding hydrogens is 232 g/mol. The maximum atomic E-state index is 5.25. The Morgan fingerprint density at radius 1 is 1.54 bits per heavy atom. The van der Waals surface area contributed by atoms with Gasteiger partial charge < -0.3 is 9.47 Å². The second-order valence-corrected chi connectivity index (χ2v) is 3.14. The predicted molar refractivity (Wildman–Crippen MR) is 55.0 cm³/mol. The minimum Gasteiger partial charge on any atom is -0.497 e. The molecule has 1 aromatic carbocycles. The lowest BCUT2D eigenvalue weighted by atomic mass is 10.3. The summed E-state index contributed by atoms with van der Waals surface area (Å²) in [5, 5.41) is 0. The van der Waals surface area contributed by atoms with Crippen LogP contribution >= 0.6 is 15.9 Å². The Labute approximate surface area is 86.0 Å². The minimum atomic E-state index is 0.269. The molecule has 0 saturated carbocycles. The predicted octanol–water partition coefficient (Wildman–Crippen LogP) is 2.47. The van der Waals surface area contributed by atoms with Gasteiger partial charge in [0.05, 0.1) is 11.6 Å². The van der Waals surface area contributed by atoms with Crippen LogP contribution in [0.4, 0.5) is 0 Å². The Kier molecular flexibility index (Phi) is 3.66. The van der Waals surface area contributed by atoms with Gasteiger partial charge in [-0.05, 0) is 34.1 Å². The molecule has 1 aromatic rings. The van der Waals surface area contributed by atoms with Crippen LogP contribution in [0.1, 0.15) is 0 Å². The minimum absolute atomic E-state index is 0.269. The van der Waals surface area contributed by atoms with Gasteiger partial charge in [0.2, 0.25) is 0 Å². The Morgan fingerprint density at radius 3 is 2.85 bits per heavy atom. The van der Waals surface area contributed by atoms with E-state index in [1.165, 1.54) is 0 Å². The summed E-state index contributed by atoms with van der Waals surface area (Å²) in [5.41, 5.74) is 0. The molecule has 0 aliphatic heterocycles. The van der Waals surface area contributed by atoms with Crippen molar-refractivity contribution in [2.75, 3.05) is 13.7 Å². The highest BCUT2D eigenvalue weighted by Gasteiger charge is 2.01. The maximum absolute atomic E-state index is 5.25. The lowest BCUT2D eigenvalue weighted by Crippen LogP contribution is -1.94. The van der Waals surface area contributed by atoms with E-state index in [9.17, 15) is 0 Å². The first-order chi connectivity index (χ1) is 6.27. The first-order valence-corrected chi connectivity index (χ1v) is 4.47. The molecule has 0 unspecified atom stereocenters. The van der Waals surface area contributed by atoms with Gasteiger partial charge in [0.1, 0.15) is 18.1 Å². The Hall–Kier alpha value is -1.14. The molecule has 0 N–H and O–H groups in total. The van der Waals surface area contributed by atoms with E-state index in [0.717, 1.165) is 16.0 Å². The zero-order valence-corrected chi connectivity index (χ0v) is 8.80. The van der Waals surface area contributed by atoms with Crippen molar-refractivity contribution >= 4 is 15.9 Å². The number of rotatable bonds is 3. The van der Waals surface area contributed by atoms with Gasteiger partial charge in [-0.25, -0.2) is 0 Å². The average molecular weight is 241 g/mol. The molecule has 0 aromatic heterocycles. The first kappa shape index (κ1) is 9.94. The lowest BCUT2D eigenvalue weighted by Gasteiger charge is -2.06. The second kappa shape index (κ2) is 4.78. The van der Waals surface area contributed by atoms with Gasteiger partial charge in [0.15, 0.2) is 0 Å². The monoisotopic (exact) mass is 240 g/mol. The number of terminal acetylenes is 1. The van der Waals surface area contributed by atoms with E-state index in [-0.39, 0.29) is 6.61 Å². The number of hydrogen-bond acceptors (Lipinski definition) is 2. The van der Waals surface area contributed by atoms with Crippen molar-refractivity contribution in [3.63, 3.8) is 0 Å². The molecular formula is C10H9BrO2. The summed E-state index contributed by atoms with van der Waals surface area (Å²) in [5.74, 6) is 3.90. The van der Waals surface area contributed by atoms with E-state index < -0.39 is 0 Å². The average Bonchev–Trinajstić information content (AvgIpc) is 2.16. The molecule has 0 radical (unpaired) electrons. The number of halogens is 1. The zero-order valence-electron chi connectivity index (χ0n) is 7.21. The van der Waals surface area contributed by atoms with Gasteiger partial charge in [-0.3, -0.25) is 0 Å². The number of ether oxygens (including phenoxy) is 2. The number of hydrogen-bond donors (Lipinski definition) is 0. The lowest BCUT2D eigenvalue weighted by molar-refractivity contribution is 0.365. The Bertz CT molecular complexity index is 328. The third-order valence-electron chi connectivity index (χ3n) is 1.45. The van der Waals surface area contributed by atoms with Gasteiger partial charge in [0.25, 0.3) is 0 Å². The van der Waals surface area contributed by atoms with Crippen molar-refractivity contribution in [1.82, 2.24) is 0 Å². The van der Waals surface area contributed by atoms with Crippen LogP contribution in [0.3, 0.4) is 0 Å². The van der Waals surface area contributed by atoms with Gasteiger partial charge in [-0.2, -0.15) is 0 Å². The van der Waals surface area contributed by atoms with Crippen molar-refractivity contribution in [3.8, 4) is 23.8 Å². The molecule has 0 saturated heterocycles. The van der Waals surface area contributed by atoms with Crippen LogP contribution in [-0.4, -0.2) is 13.7 Å². The second-order valence-electron chi connectivity index (χ2n) is 2.29. The molecule has 1 rings (SSSR count). The van der Waals surface area contributed by atoms with E-state index in [4.69, 9.17) is 15.9 Å². The summed E-state index contributed by atoms with van der Waals surface area (Å²) in [7, 11) is 1.61. The number of methoxy groups -OCH3 is 1. The van der Waals surface area contributed by atoms with Crippen molar-refractivity contribution in [3.05, 3.63) is 22.7 Å². The van der Waals surface area contributed by atoms with Gasteiger partial charge in [-0.15, -0.1) is 6.42 Å². The highest BCUT2D eigenvalue weighted by molar-refractivity contribution is 9.10. The highest BCUT2D eigenvalue weighted by atomic mass is 79.9. The van der Waals surface area contributed by atoms with Gasteiger partial charge in [0, 0.05) is 0 Å². The van der Waals surface area contributed by atoms with Gasteiger partial charge >= 0.3 is 0 Å². The van der Waals surface area contributed by atoms with E-state index in [1.807, 2.05) is 12.1 Å². The number of benzene rings is 1. The van der Waals surface area contributed by atoms with Crippen LogP contribution in [0.2, 0.25) is 0 Å². The van der Waals surface area contributed by atoms with E-state index >= 15 is 0 Å². The van der Waals surface area contributed by atoms with Crippen LogP contribution in [-0.2, 0) is 0 Å². The molecule has 2 nitrogen and oxygen atoms in total. The molecule has 0 heterocycles. The summed E-state index contributed by atoms with van der Waals surface area (Å²) in [6, 6.07) is 5.45. The summed E-state index contributed by atoms with van der Waals surface area (Å²) < 4.78 is 11.1. The molecule has 0 spiro atoms. The van der Waals surface area contributed by atoms with Crippen molar-refractivity contribution in [2.45, 2.75) is 0 Å². The standard InChI is InChI=1S/C10H9BrO2/c1-3-6-13-10-5-4-8(12-2)7-9(10)11/h1,4-5,7H,6H2,2H3. The topological polar surface area (TPSA) is 18.5 Å². The highest BCUT2D eigenvalue weighted by Crippen LogP contribution is 2.28. The molecule has 0 fully saturated rings. The fraction of sp³-hybridized carbons (Fsp3) is 0.200. The normalized spacial score (nSPS) is 9.00. The van der Waals surface area contributed by atoms with Crippen LogP contribution < -0.4 is 9.47 Å². The molecule has 13 heavy (non-hydrogen) atoms. The van der Waals surface area contributed by atoms with E-state index in [2.05, 4.69) is 21.9 Å². The summed E-state index contributed by atoms with van der Waals surface area (Å²) in [6.07, 6.45) is 5.07.